The van der Waals surface area contributed by atoms with Gasteiger partial charge in [-0.25, -0.2) is 0 Å². The highest BCUT2D eigenvalue weighted by molar-refractivity contribution is 5.11. The molecule has 0 aliphatic carbocycles. The maximum atomic E-state index is 5.79. The Bertz CT molecular complexity index is 315. The minimum atomic E-state index is 0.521. The van der Waals surface area contributed by atoms with Crippen LogP contribution in [0.4, 0.5) is 0 Å². The minimum absolute atomic E-state index is 0.521. The van der Waals surface area contributed by atoms with Crippen LogP contribution in [0.3, 0.4) is 0 Å². The van der Waals surface area contributed by atoms with Gasteiger partial charge in [0, 0.05) is 13.0 Å². The van der Waals surface area contributed by atoms with Gasteiger partial charge in [0.05, 0.1) is 0 Å². The predicted molar refractivity (Wildman–Crippen MR) is 63.4 cm³/mol. The van der Waals surface area contributed by atoms with E-state index in [9.17, 15) is 0 Å². The molecule has 1 N–H and O–H groups in total. The molecule has 1 atom stereocenters. The molecular formula is C13H21NO2. The van der Waals surface area contributed by atoms with E-state index in [1.165, 1.54) is 12.8 Å². The van der Waals surface area contributed by atoms with E-state index in [0.29, 0.717) is 12.5 Å². The van der Waals surface area contributed by atoms with Crippen LogP contribution < -0.4 is 5.32 Å². The number of hydrogen-bond acceptors (Lipinski definition) is 3. The van der Waals surface area contributed by atoms with Crippen LogP contribution in [0.2, 0.25) is 0 Å². The van der Waals surface area contributed by atoms with Crippen molar-refractivity contribution in [3.05, 3.63) is 23.7 Å². The number of ether oxygens (including phenoxy) is 1. The summed E-state index contributed by atoms with van der Waals surface area (Å²) < 4.78 is 10.9. The van der Waals surface area contributed by atoms with Crippen LogP contribution in [0.25, 0.3) is 0 Å². The number of methoxy groups -OCH3 is 1. The van der Waals surface area contributed by atoms with Gasteiger partial charge in [0.1, 0.15) is 18.1 Å². The highest BCUT2D eigenvalue weighted by atomic mass is 16.5. The first-order valence-electron chi connectivity index (χ1n) is 6.09. The van der Waals surface area contributed by atoms with Gasteiger partial charge in [-0.2, -0.15) is 0 Å². The molecule has 16 heavy (non-hydrogen) atoms. The van der Waals surface area contributed by atoms with E-state index in [0.717, 1.165) is 30.5 Å². The molecule has 1 aliphatic heterocycles. The third-order valence-corrected chi connectivity index (χ3v) is 3.51. The number of hydrogen-bond donors (Lipinski definition) is 1. The van der Waals surface area contributed by atoms with Gasteiger partial charge in [-0.3, -0.25) is 0 Å². The highest BCUT2D eigenvalue weighted by Crippen LogP contribution is 2.31. The summed E-state index contributed by atoms with van der Waals surface area (Å²) >= 11 is 0. The van der Waals surface area contributed by atoms with Gasteiger partial charge in [-0.15, -0.1) is 0 Å². The molecule has 0 aromatic carbocycles. The third-order valence-electron chi connectivity index (χ3n) is 3.51. The summed E-state index contributed by atoms with van der Waals surface area (Å²) in [6, 6.07) is 4.12. The first-order valence-corrected chi connectivity index (χ1v) is 6.09. The molecule has 2 rings (SSSR count). The zero-order valence-electron chi connectivity index (χ0n) is 10.2. The molecule has 0 saturated carbocycles. The molecule has 0 spiro atoms. The van der Waals surface area contributed by atoms with Crippen LogP contribution in [-0.2, 0) is 11.3 Å². The van der Waals surface area contributed by atoms with E-state index in [4.69, 9.17) is 9.15 Å². The lowest BCUT2D eigenvalue weighted by Crippen LogP contribution is -2.30. The second kappa shape index (κ2) is 5.51. The topological polar surface area (TPSA) is 34.4 Å². The van der Waals surface area contributed by atoms with Crippen molar-refractivity contribution < 1.29 is 9.15 Å². The first kappa shape index (κ1) is 11.7. The van der Waals surface area contributed by atoms with Gasteiger partial charge in [0.2, 0.25) is 0 Å². The number of rotatable bonds is 4. The van der Waals surface area contributed by atoms with Gasteiger partial charge >= 0.3 is 0 Å². The fourth-order valence-electron chi connectivity index (χ4n) is 2.44. The molecule has 2 heterocycles. The van der Waals surface area contributed by atoms with Gasteiger partial charge in [0.15, 0.2) is 0 Å². The standard InChI is InChI=1S/C13H21NO2/c1-10(11-5-7-14-8-6-11)13-4-3-12(16-13)9-15-2/h3-4,10-11,14H,5-9H2,1-2H3. The van der Waals surface area contributed by atoms with Gasteiger partial charge in [-0.1, -0.05) is 6.92 Å². The first-order chi connectivity index (χ1) is 7.81. The molecule has 3 nitrogen and oxygen atoms in total. The zero-order chi connectivity index (χ0) is 11.4. The Morgan fingerprint density at radius 2 is 2.19 bits per heavy atom. The molecule has 0 amide bonds. The smallest absolute Gasteiger partial charge is 0.129 e. The van der Waals surface area contributed by atoms with E-state index in [1.807, 2.05) is 6.07 Å². The number of piperidine rings is 1. The molecule has 1 fully saturated rings. The fraction of sp³-hybridized carbons (Fsp3) is 0.692. The van der Waals surface area contributed by atoms with Crippen molar-refractivity contribution in [2.75, 3.05) is 20.2 Å². The fourth-order valence-corrected chi connectivity index (χ4v) is 2.44. The highest BCUT2D eigenvalue weighted by Gasteiger charge is 2.23. The van der Waals surface area contributed by atoms with Crippen molar-refractivity contribution >= 4 is 0 Å². The minimum Gasteiger partial charge on any atom is -0.463 e. The summed E-state index contributed by atoms with van der Waals surface area (Å²) in [5, 5.41) is 3.40. The van der Waals surface area contributed by atoms with Crippen LogP contribution in [0.15, 0.2) is 16.5 Å². The normalized spacial score (nSPS) is 19.9. The maximum Gasteiger partial charge on any atom is 0.129 e. The van der Waals surface area contributed by atoms with E-state index >= 15 is 0 Å². The summed E-state index contributed by atoms with van der Waals surface area (Å²) in [4.78, 5) is 0. The van der Waals surface area contributed by atoms with Crippen LogP contribution in [0, 0.1) is 5.92 Å². The van der Waals surface area contributed by atoms with Crippen molar-refractivity contribution in [1.29, 1.82) is 0 Å². The quantitative estimate of drug-likeness (QED) is 0.851. The summed E-state index contributed by atoms with van der Waals surface area (Å²) in [5.41, 5.74) is 0. The van der Waals surface area contributed by atoms with E-state index in [1.54, 1.807) is 7.11 Å². The molecule has 90 valence electrons. The molecule has 1 aliphatic rings. The molecule has 3 heteroatoms. The molecule has 0 radical (unpaired) electrons. The third kappa shape index (κ3) is 2.66. The molecule has 1 saturated heterocycles. The van der Waals surface area contributed by atoms with Gasteiger partial charge in [-0.05, 0) is 44.0 Å². The Labute approximate surface area is 97.2 Å². The van der Waals surface area contributed by atoms with Crippen molar-refractivity contribution in [1.82, 2.24) is 5.32 Å². The Hall–Kier alpha value is -0.800. The second-order valence-corrected chi connectivity index (χ2v) is 4.61. The van der Waals surface area contributed by atoms with E-state index < -0.39 is 0 Å². The largest absolute Gasteiger partial charge is 0.463 e. The van der Waals surface area contributed by atoms with Crippen molar-refractivity contribution in [3.63, 3.8) is 0 Å². The Morgan fingerprint density at radius 3 is 2.88 bits per heavy atom. The van der Waals surface area contributed by atoms with Crippen LogP contribution >= 0.6 is 0 Å². The lowest BCUT2D eigenvalue weighted by Gasteiger charge is -2.26. The second-order valence-electron chi connectivity index (χ2n) is 4.61. The van der Waals surface area contributed by atoms with Gasteiger partial charge in [0.25, 0.3) is 0 Å². The van der Waals surface area contributed by atoms with Crippen molar-refractivity contribution in [2.45, 2.75) is 32.3 Å². The van der Waals surface area contributed by atoms with E-state index in [2.05, 4.69) is 18.3 Å². The Morgan fingerprint density at radius 1 is 1.44 bits per heavy atom. The van der Waals surface area contributed by atoms with Gasteiger partial charge < -0.3 is 14.5 Å². The molecular weight excluding hydrogens is 202 g/mol. The zero-order valence-corrected chi connectivity index (χ0v) is 10.2. The summed E-state index contributed by atoms with van der Waals surface area (Å²) in [5.74, 6) is 3.31. The summed E-state index contributed by atoms with van der Waals surface area (Å²) in [6.07, 6.45) is 2.50. The van der Waals surface area contributed by atoms with Crippen molar-refractivity contribution in [3.8, 4) is 0 Å². The lowest BCUT2D eigenvalue weighted by molar-refractivity contribution is 0.160. The Kier molecular flexibility index (Phi) is 4.02. The number of furan rings is 1. The SMILES string of the molecule is COCc1ccc(C(C)C2CCNCC2)o1. The maximum absolute atomic E-state index is 5.79. The molecule has 1 unspecified atom stereocenters. The van der Waals surface area contributed by atoms with Crippen LogP contribution in [0.1, 0.15) is 37.2 Å². The average molecular weight is 223 g/mol. The van der Waals surface area contributed by atoms with E-state index in [-0.39, 0.29) is 0 Å². The summed E-state index contributed by atoms with van der Waals surface area (Å²) in [6.45, 7) is 5.12. The predicted octanol–water partition coefficient (Wildman–Crippen LogP) is 2.53. The molecule has 1 aromatic heterocycles. The van der Waals surface area contributed by atoms with Crippen LogP contribution in [-0.4, -0.2) is 20.2 Å². The Balaban J connectivity index is 1.98. The monoisotopic (exact) mass is 223 g/mol. The number of nitrogens with one attached hydrogen (secondary N) is 1. The molecule has 1 aromatic rings. The molecule has 0 bridgehead atoms. The lowest BCUT2D eigenvalue weighted by atomic mass is 9.85. The average Bonchev–Trinajstić information content (AvgIpc) is 2.78. The van der Waals surface area contributed by atoms with Crippen LogP contribution in [0.5, 0.6) is 0 Å². The summed E-state index contributed by atoms with van der Waals surface area (Å²) in [7, 11) is 1.69. The van der Waals surface area contributed by atoms with Crippen molar-refractivity contribution in [2.24, 2.45) is 5.92 Å².